The van der Waals surface area contributed by atoms with Crippen molar-refractivity contribution in [2.45, 2.75) is 13.5 Å². The zero-order chi connectivity index (χ0) is 16.8. The minimum Gasteiger partial charge on any atom is -0.335 e. The first kappa shape index (κ1) is 14.2. The standard InChI is InChI=1S/C19H18N6/c1-13-22-23-19-8-7-16-18(25(13)19)9-17(15-10-20-21-11-15)24(16)12-14-5-3-2-4-6-14/h2-10,20-21H,11-12H2,1H3. The number of hydrazine groups is 1. The van der Waals surface area contributed by atoms with Gasteiger partial charge in [-0.05, 0) is 30.7 Å². The van der Waals surface area contributed by atoms with E-state index in [2.05, 4.69) is 72.5 Å². The van der Waals surface area contributed by atoms with E-state index in [0.29, 0.717) is 0 Å². The second kappa shape index (κ2) is 5.46. The van der Waals surface area contributed by atoms with Gasteiger partial charge < -0.3 is 9.99 Å². The number of pyridine rings is 1. The first-order valence-corrected chi connectivity index (χ1v) is 8.37. The molecule has 0 fully saturated rings. The van der Waals surface area contributed by atoms with E-state index in [0.717, 1.165) is 30.1 Å². The average molecular weight is 330 g/mol. The van der Waals surface area contributed by atoms with E-state index < -0.39 is 0 Å². The van der Waals surface area contributed by atoms with Crippen LogP contribution in [0.3, 0.4) is 0 Å². The van der Waals surface area contributed by atoms with Gasteiger partial charge in [0.05, 0.1) is 11.0 Å². The average Bonchev–Trinajstić information content (AvgIpc) is 3.35. The summed E-state index contributed by atoms with van der Waals surface area (Å²) in [4.78, 5) is 0. The highest BCUT2D eigenvalue weighted by atomic mass is 15.4. The van der Waals surface area contributed by atoms with Crippen molar-refractivity contribution in [3.8, 4) is 0 Å². The van der Waals surface area contributed by atoms with Crippen LogP contribution in [-0.4, -0.2) is 25.7 Å². The molecule has 124 valence electrons. The molecule has 0 radical (unpaired) electrons. The van der Waals surface area contributed by atoms with Gasteiger partial charge in [-0.3, -0.25) is 4.40 Å². The highest BCUT2D eigenvalue weighted by Crippen LogP contribution is 2.28. The number of fused-ring (bicyclic) bond motifs is 3. The third kappa shape index (κ3) is 2.22. The van der Waals surface area contributed by atoms with Crippen LogP contribution in [0.4, 0.5) is 0 Å². The molecule has 2 N–H and O–H groups in total. The molecule has 0 spiro atoms. The minimum absolute atomic E-state index is 0.801. The third-order valence-corrected chi connectivity index (χ3v) is 4.74. The van der Waals surface area contributed by atoms with Gasteiger partial charge in [0, 0.05) is 30.6 Å². The zero-order valence-electron chi connectivity index (χ0n) is 13.9. The van der Waals surface area contributed by atoms with Gasteiger partial charge in [0.1, 0.15) is 5.82 Å². The highest BCUT2D eigenvalue weighted by molar-refractivity contribution is 5.86. The molecule has 1 aromatic carbocycles. The summed E-state index contributed by atoms with van der Waals surface area (Å²) in [5.41, 5.74) is 13.2. The predicted molar refractivity (Wildman–Crippen MR) is 97.9 cm³/mol. The van der Waals surface area contributed by atoms with E-state index in [1.54, 1.807) is 0 Å². The van der Waals surface area contributed by atoms with Crippen LogP contribution in [0, 0.1) is 6.92 Å². The summed E-state index contributed by atoms with van der Waals surface area (Å²) in [6, 6.07) is 17.0. The number of aromatic nitrogens is 4. The summed E-state index contributed by atoms with van der Waals surface area (Å²) in [7, 11) is 0. The molecule has 0 amide bonds. The van der Waals surface area contributed by atoms with Gasteiger partial charge in [-0.1, -0.05) is 30.3 Å². The summed E-state index contributed by atoms with van der Waals surface area (Å²) in [5, 5.41) is 8.48. The number of nitrogens with one attached hydrogen (secondary N) is 2. The van der Waals surface area contributed by atoms with Gasteiger partial charge in [0.2, 0.25) is 0 Å². The fourth-order valence-electron chi connectivity index (χ4n) is 3.54. The van der Waals surface area contributed by atoms with Crippen molar-refractivity contribution in [2.75, 3.05) is 6.54 Å². The Morgan fingerprint density at radius 3 is 2.72 bits per heavy atom. The van der Waals surface area contributed by atoms with Crippen LogP contribution < -0.4 is 10.9 Å². The van der Waals surface area contributed by atoms with E-state index in [1.165, 1.54) is 22.3 Å². The number of hydrogen-bond acceptors (Lipinski definition) is 4. The van der Waals surface area contributed by atoms with Gasteiger partial charge in [0.15, 0.2) is 5.65 Å². The monoisotopic (exact) mass is 330 g/mol. The number of rotatable bonds is 3. The third-order valence-electron chi connectivity index (χ3n) is 4.74. The SMILES string of the molecule is Cc1nnc2ccc3c(cc(C4=CNNC4)n3Cc3ccccc3)n12. The van der Waals surface area contributed by atoms with Gasteiger partial charge in [0.25, 0.3) is 0 Å². The summed E-state index contributed by atoms with van der Waals surface area (Å²) < 4.78 is 4.49. The molecular weight excluding hydrogens is 312 g/mol. The number of nitrogens with zero attached hydrogens (tertiary/aromatic N) is 4. The first-order chi connectivity index (χ1) is 12.3. The molecule has 1 aliphatic rings. The maximum Gasteiger partial charge on any atom is 0.161 e. The molecule has 0 atom stereocenters. The summed E-state index contributed by atoms with van der Waals surface area (Å²) in [6.45, 7) is 3.62. The smallest absolute Gasteiger partial charge is 0.161 e. The number of hydrogen-bond donors (Lipinski definition) is 2. The fourth-order valence-corrected chi connectivity index (χ4v) is 3.54. The van der Waals surface area contributed by atoms with E-state index in [-0.39, 0.29) is 0 Å². The van der Waals surface area contributed by atoms with Crippen molar-refractivity contribution < 1.29 is 0 Å². The molecule has 4 aromatic rings. The number of aryl methyl sites for hydroxylation is 1. The molecule has 0 bridgehead atoms. The molecule has 5 rings (SSSR count). The van der Waals surface area contributed by atoms with Crippen molar-refractivity contribution in [3.63, 3.8) is 0 Å². The quantitative estimate of drug-likeness (QED) is 0.606. The first-order valence-electron chi connectivity index (χ1n) is 8.37. The zero-order valence-corrected chi connectivity index (χ0v) is 13.9. The van der Waals surface area contributed by atoms with Crippen molar-refractivity contribution in [2.24, 2.45) is 0 Å². The van der Waals surface area contributed by atoms with Crippen LogP contribution >= 0.6 is 0 Å². The fraction of sp³-hybridized carbons (Fsp3) is 0.158. The van der Waals surface area contributed by atoms with Crippen LogP contribution in [0.2, 0.25) is 0 Å². The van der Waals surface area contributed by atoms with Gasteiger partial charge in [-0.25, -0.2) is 5.43 Å². The van der Waals surface area contributed by atoms with Gasteiger partial charge in [-0.2, -0.15) is 0 Å². The van der Waals surface area contributed by atoms with Crippen molar-refractivity contribution in [3.05, 3.63) is 71.8 Å². The molecule has 6 heteroatoms. The normalized spacial score (nSPS) is 14.2. The lowest BCUT2D eigenvalue weighted by molar-refractivity contribution is 0.727. The lowest BCUT2D eigenvalue weighted by atomic mass is 10.2. The molecule has 0 unspecified atom stereocenters. The second-order valence-electron chi connectivity index (χ2n) is 6.31. The summed E-state index contributed by atoms with van der Waals surface area (Å²) in [6.07, 6.45) is 2.03. The van der Waals surface area contributed by atoms with Crippen LogP contribution in [-0.2, 0) is 6.54 Å². The van der Waals surface area contributed by atoms with Crippen LogP contribution in [0.15, 0.2) is 54.7 Å². The van der Waals surface area contributed by atoms with Gasteiger partial charge >= 0.3 is 0 Å². The molecule has 4 heterocycles. The Labute approximate surface area is 144 Å². The molecule has 0 saturated heterocycles. The second-order valence-corrected chi connectivity index (χ2v) is 6.31. The predicted octanol–water partition coefficient (Wildman–Crippen LogP) is 2.49. The van der Waals surface area contributed by atoms with E-state index in [4.69, 9.17) is 0 Å². The van der Waals surface area contributed by atoms with Crippen LogP contribution in [0.25, 0.3) is 22.3 Å². The molecule has 6 nitrogen and oxygen atoms in total. The van der Waals surface area contributed by atoms with Gasteiger partial charge in [-0.15, -0.1) is 10.2 Å². The van der Waals surface area contributed by atoms with E-state index >= 15 is 0 Å². The molecule has 0 aliphatic carbocycles. The largest absolute Gasteiger partial charge is 0.335 e. The maximum absolute atomic E-state index is 4.25. The Balaban J connectivity index is 1.78. The topological polar surface area (TPSA) is 59.2 Å². The molecule has 1 aliphatic heterocycles. The Morgan fingerprint density at radius 2 is 1.92 bits per heavy atom. The number of benzene rings is 1. The minimum atomic E-state index is 0.801. The lowest BCUT2D eigenvalue weighted by Crippen LogP contribution is -2.20. The Morgan fingerprint density at radius 1 is 1.04 bits per heavy atom. The molecule has 3 aromatic heterocycles. The van der Waals surface area contributed by atoms with Crippen LogP contribution in [0.1, 0.15) is 17.1 Å². The molecule has 0 saturated carbocycles. The highest BCUT2D eigenvalue weighted by Gasteiger charge is 2.18. The van der Waals surface area contributed by atoms with Crippen molar-refractivity contribution in [1.82, 2.24) is 30.0 Å². The maximum atomic E-state index is 4.25. The summed E-state index contributed by atoms with van der Waals surface area (Å²) >= 11 is 0. The molecule has 25 heavy (non-hydrogen) atoms. The summed E-state index contributed by atoms with van der Waals surface area (Å²) in [5.74, 6) is 0.903. The van der Waals surface area contributed by atoms with E-state index in [1.807, 2.05) is 19.2 Å². The van der Waals surface area contributed by atoms with Crippen molar-refractivity contribution in [1.29, 1.82) is 0 Å². The molecular formula is C19H18N6. The Kier molecular flexibility index (Phi) is 3.11. The Bertz CT molecular complexity index is 1100. The van der Waals surface area contributed by atoms with Crippen molar-refractivity contribution >= 4 is 22.3 Å². The van der Waals surface area contributed by atoms with Crippen LogP contribution in [0.5, 0.6) is 0 Å². The Hall–Kier alpha value is -3.12. The lowest BCUT2D eigenvalue weighted by Gasteiger charge is -2.11. The van der Waals surface area contributed by atoms with E-state index in [9.17, 15) is 0 Å².